The van der Waals surface area contributed by atoms with Gasteiger partial charge in [-0.05, 0) is 37.6 Å². The number of hydrogen-bond acceptors (Lipinski definition) is 6. The molecule has 8 heteroatoms. The third-order valence-electron chi connectivity index (χ3n) is 4.88. The van der Waals surface area contributed by atoms with Gasteiger partial charge >= 0.3 is 0 Å². The second-order valence-corrected chi connectivity index (χ2v) is 8.04. The monoisotopic (exact) mass is 383 g/mol. The summed E-state index contributed by atoms with van der Waals surface area (Å²) in [7, 11) is 1.86. The molecule has 0 saturated heterocycles. The number of aliphatic hydroxyl groups is 1. The van der Waals surface area contributed by atoms with Gasteiger partial charge < -0.3 is 15.3 Å². The van der Waals surface area contributed by atoms with Crippen LogP contribution in [0.2, 0.25) is 0 Å². The number of amides is 1. The number of nitrogens with zero attached hydrogens (tertiary/aromatic N) is 4. The Morgan fingerprint density at radius 2 is 2.07 bits per heavy atom. The van der Waals surface area contributed by atoms with Crippen LogP contribution in [0.5, 0.6) is 0 Å². The van der Waals surface area contributed by atoms with E-state index in [1.165, 1.54) is 0 Å². The first kappa shape index (κ1) is 17.7. The minimum absolute atomic E-state index is 0.0196. The largest absolute Gasteiger partial charge is 0.395 e. The van der Waals surface area contributed by atoms with E-state index in [2.05, 4.69) is 15.4 Å². The highest BCUT2D eigenvalue weighted by Gasteiger charge is 2.44. The van der Waals surface area contributed by atoms with Gasteiger partial charge in [0.2, 0.25) is 0 Å². The van der Waals surface area contributed by atoms with Gasteiger partial charge in [0.15, 0.2) is 0 Å². The van der Waals surface area contributed by atoms with Gasteiger partial charge in [0.25, 0.3) is 5.91 Å². The Bertz CT molecular complexity index is 1010. The third kappa shape index (κ3) is 2.90. The minimum Gasteiger partial charge on any atom is -0.395 e. The zero-order valence-electron chi connectivity index (χ0n) is 15.4. The molecule has 0 atom stereocenters. The van der Waals surface area contributed by atoms with Crippen molar-refractivity contribution in [2.75, 3.05) is 18.5 Å². The number of carbonyl (C=O) groups is 1. The molecule has 1 aliphatic rings. The number of aryl methyl sites for hydroxylation is 1. The van der Waals surface area contributed by atoms with E-state index in [0.717, 1.165) is 32.5 Å². The first-order chi connectivity index (χ1) is 12.9. The number of β-amino-alcohol motifs (C(OH)–C–C–N with tert-alkyl or cyclic N) is 1. The maximum atomic E-state index is 12.8. The van der Waals surface area contributed by atoms with E-state index >= 15 is 0 Å². The molecule has 0 aliphatic carbocycles. The van der Waals surface area contributed by atoms with Crippen molar-refractivity contribution in [3.05, 3.63) is 47.1 Å². The molecule has 27 heavy (non-hydrogen) atoms. The molecule has 0 saturated carbocycles. The zero-order chi connectivity index (χ0) is 19.2. The number of pyridine rings is 1. The van der Waals surface area contributed by atoms with Gasteiger partial charge in [0.1, 0.15) is 11.6 Å². The smallest absolute Gasteiger partial charge is 0.255 e. The summed E-state index contributed by atoms with van der Waals surface area (Å²) >= 11 is 1.62. The summed E-state index contributed by atoms with van der Waals surface area (Å²) in [6.07, 6.45) is 3.48. The number of fused-ring (bicyclic) bond motifs is 1. The van der Waals surface area contributed by atoms with Crippen molar-refractivity contribution >= 4 is 28.9 Å². The van der Waals surface area contributed by atoms with Crippen molar-refractivity contribution < 1.29 is 9.90 Å². The highest BCUT2D eigenvalue weighted by Crippen LogP contribution is 2.46. The normalized spacial score (nSPS) is 15.3. The van der Waals surface area contributed by atoms with Crippen molar-refractivity contribution in [1.82, 2.24) is 19.7 Å². The van der Waals surface area contributed by atoms with Gasteiger partial charge in [-0.2, -0.15) is 5.10 Å². The lowest BCUT2D eigenvalue weighted by atomic mass is 10.0. The fraction of sp³-hybridized carbons (Fsp3) is 0.316. The lowest BCUT2D eigenvalue weighted by molar-refractivity contribution is 0.0565. The van der Waals surface area contributed by atoms with Crippen LogP contribution in [-0.2, 0) is 12.6 Å². The highest BCUT2D eigenvalue weighted by molar-refractivity contribution is 7.16. The van der Waals surface area contributed by atoms with E-state index in [-0.39, 0.29) is 12.5 Å². The van der Waals surface area contributed by atoms with E-state index in [4.69, 9.17) is 0 Å². The van der Waals surface area contributed by atoms with Gasteiger partial charge in [-0.25, -0.2) is 4.98 Å². The first-order valence-electron chi connectivity index (χ1n) is 8.70. The Hall–Kier alpha value is -2.71. The van der Waals surface area contributed by atoms with Crippen LogP contribution in [0.4, 0.5) is 11.6 Å². The molecule has 0 bridgehead atoms. The molecule has 140 valence electrons. The van der Waals surface area contributed by atoms with Gasteiger partial charge in [-0.1, -0.05) is 0 Å². The maximum absolute atomic E-state index is 12.8. The average molecular weight is 383 g/mol. The molecule has 0 radical (unpaired) electrons. The molecule has 1 aliphatic heterocycles. The summed E-state index contributed by atoms with van der Waals surface area (Å²) in [6.45, 7) is 4.35. The molecule has 3 aromatic rings. The average Bonchev–Trinajstić information content (AvgIpc) is 3.30. The number of aromatic nitrogens is 3. The predicted molar refractivity (Wildman–Crippen MR) is 105 cm³/mol. The lowest BCUT2D eigenvalue weighted by Crippen LogP contribution is -2.40. The van der Waals surface area contributed by atoms with Crippen LogP contribution >= 0.6 is 11.3 Å². The van der Waals surface area contributed by atoms with Gasteiger partial charge in [0.05, 0.1) is 23.9 Å². The van der Waals surface area contributed by atoms with Crippen LogP contribution in [0.3, 0.4) is 0 Å². The predicted octanol–water partition coefficient (Wildman–Crippen LogP) is 2.97. The molecule has 7 nitrogen and oxygen atoms in total. The summed E-state index contributed by atoms with van der Waals surface area (Å²) in [5.41, 5.74) is 1.32. The summed E-state index contributed by atoms with van der Waals surface area (Å²) in [5, 5.41) is 16.7. The fourth-order valence-electron chi connectivity index (χ4n) is 3.43. The first-order valence-corrected chi connectivity index (χ1v) is 9.52. The van der Waals surface area contributed by atoms with Crippen LogP contribution < -0.4 is 5.32 Å². The molecule has 3 aromatic heterocycles. The second kappa shape index (κ2) is 6.47. The van der Waals surface area contributed by atoms with Crippen molar-refractivity contribution in [3.8, 4) is 10.4 Å². The summed E-state index contributed by atoms with van der Waals surface area (Å²) < 4.78 is 1.74. The summed E-state index contributed by atoms with van der Waals surface area (Å²) in [4.78, 5) is 20.9. The van der Waals surface area contributed by atoms with Crippen LogP contribution in [0, 0.1) is 0 Å². The number of aliphatic hydroxyl groups excluding tert-OH is 1. The molecule has 1 amide bonds. The van der Waals surface area contributed by atoms with E-state index in [1.54, 1.807) is 33.3 Å². The van der Waals surface area contributed by atoms with E-state index in [9.17, 15) is 9.90 Å². The zero-order valence-corrected chi connectivity index (χ0v) is 16.2. The Balaban J connectivity index is 1.66. The molecule has 0 spiro atoms. The SMILES string of the molecule is Cn1nccc1Nc1cc(-c2cc3c(s2)C(C)(C)N(CCO)C3=O)ccn1. The molecule has 0 unspecified atom stereocenters. The molecular formula is C19H21N5O2S. The van der Waals surface area contributed by atoms with Crippen LogP contribution in [0.25, 0.3) is 10.4 Å². The van der Waals surface area contributed by atoms with Gasteiger partial charge in [-0.15, -0.1) is 11.3 Å². The van der Waals surface area contributed by atoms with E-state index in [1.807, 2.05) is 45.2 Å². The number of hydrogen-bond donors (Lipinski definition) is 2. The number of thiophene rings is 1. The second-order valence-electron chi connectivity index (χ2n) is 6.99. The Morgan fingerprint density at radius 3 is 2.74 bits per heavy atom. The molecule has 2 N–H and O–H groups in total. The minimum atomic E-state index is -0.416. The van der Waals surface area contributed by atoms with Gasteiger partial charge in [-0.3, -0.25) is 9.48 Å². The molecule has 0 fully saturated rings. The van der Waals surface area contributed by atoms with Crippen molar-refractivity contribution in [2.24, 2.45) is 7.05 Å². The Morgan fingerprint density at radius 1 is 1.26 bits per heavy atom. The number of anilines is 2. The molecule has 4 rings (SSSR count). The fourth-order valence-corrected chi connectivity index (χ4v) is 4.69. The lowest BCUT2D eigenvalue weighted by Gasteiger charge is -2.31. The summed E-state index contributed by atoms with van der Waals surface area (Å²) in [5.74, 6) is 1.55. The standard InChI is InChI=1S/C19H21N5O2S/c1-19(2)17-13(18(26)24(19)8-9-25)11-14(27-17)12-4-6-20-15(10-12)22-16-5-7-21-23(16)3/h4-7,10-11,25H,8-9H2,1-3H3,(H,20,22). The van der Waals surface area contributed by atoms with Crippen LogP contribution in [0.15, 0.2) is 36.7 Å². The quantitative estimate of drug-likeness (QED) is 0.708. The van der Waals surface area contributed by atoms with Crippen LogP contribution in [-0.4, -0.2) is 43.8 Å². The Kier molecular flexibility index (Phi) is 4.24. The maximum Gasteiger partial charge on any atom is 0.255 e. The van der Waals surface area contributed by atoms with Crippen molar-refractivity contribution in [3.63, 3.8) is 0 Å². The number of carbonyl (C=O) groups excluding carboxylic acids is 1. The highest BCUT2D eigenvalue weighted by atomic mass is 32.1. The number of nitrogens with one attached hydrogen (secondary N) is 1. The third-order valence-corrected chi connectivity index (χ3v) is 6.38. The molecule has 4 heterocycles. The Labute approximate surface area is 161 Å². The van der Waals surface area contributed by atoms with Crippen LogP contribution in [0.1, 0.15) is 29.1 Å². The molecular weight excluding hydrogens is 362 g/mol. The van der Waals surface area contributed by atoms with E-state index in [0.29, 0.717) is 6.54 Å². The van der Waals surface area contributed by atoms with Crippen molar-refractivity contribution in [1.29, 1.82) is 0 Å². The topological polar surface area (TPSA) is 83.3 Å². The summed E-state index contributed by atoms with van der Waals surface area (Å²) in [6, 6.07) is 7.74. The van der Waals surface area contributed by atoms with E-state index < -0.39 is 5.54 Å². The van der Waals surface area contributed by atoms with Gasteiger partial charge in [0, 0.05) is 35.6 Å². The number of rotatable bonds is 5. The van der Waals surface area contributed by atoms with Crippen molar-refractivity contribution in [2.45, 2.75) is 19.4 Å². The molecule has 0 aromatic carbocycles.